The zero-order valence-electron chi connectivity index (χ0n) is 19.1. The van der Waals surface area contributed by atoms with Gasteiger partial charge in [-0.15, -0.1) is 0 Å². The molecule has 1 fully saturated rings. The van der Waals surface area contributed by atoms with Gasteiger partial charge in [0.2, 0.25) is 0 Å². The molecule has 174 valence electrons. The average molecular weight is 466 g/mol. The van der Waals surface area contributed by atoms with Crippen LogP contribution < -0.4 is 15.0 Å². The Morgan fingerprint density at radius 1 is 0.886 bits per heavy atom. The number of rotatable bonds is 6. The van der Waals surface area contributed by atoms with Crippen LogP contribution in [0.5, 0.6) is 5.75 Å². The maximum atomic E-state index is 13.5. The van der Waals surface area contributed by atoms with Gasteiger partial charge in [0.15, 0.2) is 0 Å². The lowest BCUT2D eigenvalue weighted by Crippen LogP contribution is -2.54. The number of aromatic nitrogens is 1. The van der Waals surface area contributed by atoms with Crippen LogP contribution in [-0.2, 0) is 16.1 Å². The lowest BCUT2D eigenvalue weighted by atomic mass is 10.1. The van der Waals surface area contributed by atoms with E-state index in [1.54, 1.807) is 30.3 Å². The molecule has 0 bridgehead atoms. The van der Waals surface area contributed by atoms with Crippen LogP contribution in [0.3, 0.4) is 0 Å². The number of amides is 4. The standard InChI is InChI=1S/C28H23N3O4/c1-2-35-25-15-9-8-14-24(25)31-27(33)22(26(32)29-28(31)34)16-20-18-30(17-19-10-4-3-5-11-19)23-13-7-6-12-21(20)23/h3-16,18H,2,17H2,1H3,(H,29,32,34)/b22-16-. The van der Waals surface area contributed by atoms with E-state index in [1.807, 2.05) is 67.7 Å². The molecule has 3 aromatic carbocycles. The normalized spacial score (nSPS) is 15.1. The molecular formula is C28H23N3O4. The van der Waals surface area contributed by atoms with Crippen molar-refractivity contribution in [3.63, 3.8) is 0 Å². The predicted octanol–water partition coefficient (Wildman–Crippen LogP) is 4.75. The summed E-state index contributed by atoms with van der Waals surface area (Å²) in [5.74, 6) is -1.05. The molecule has 1 aliphatic rings. The molecular weight excluding hydrogens is 442 g/mol. The first-order valence-corrected chi connectivity index (χ1v) is 11.3. The second-order valence-electron chi connectivity index (χ2n) is 8.07. The lowest BCUT2D eigenvalue weighted by molar-refractivity contribution is -0.122. The van der Waals surface area contributed by atoms with Crippen molar-refractivity contribution in [2.24, 2.45) is 0 Å². The molecule has 0 radical (unpaired) electrons. The van der Waals surface area contributed by atoms with Crippen LogP contribution in [-0.4, -0.2) is 29.0 Å². The molecule has 0 spiro atoms. The minimum atomic E-state index is -0.809. The second kappa shape index (κ2) is 9.30. The average Bonchev–Trinajstić information content (AvgIpc) is 3.20. The van der Waals surface area contributed by atoms with Gasteiger partial charge in [-0.2, -0.15) is 0 Å². The first kappa shape index (κ1) is 22.2. The highest BCUT2D eigenvalue weighted by atomic mass is 16.5. The quantitative estimate of drug-likeness (QED) is 0.329. The molecule has 1 aromatic heterocycles. The van der Waals surface area contributed by atoms with Crippen LogP contribution in [0.4, 0.5) is 10.5 Å². The van der Waals surface area contributed by atoms with Crippen molar-refractivity contribution in [1.29, 1.82) is 0 Å². The third-order valence-corrected chi connectivity index (χ3v) is 5.82. The molecule has 1 aliphatic heterocycles. The fraction of sp³-hybridized carbons (Fsp3) is 0.107. The van der Waals surface area contributed by atoms with Crippen LogP contribution in [0.2, 0.25) is 0 Å². The second-order valence-corrected chi connectivity index (χ2v) is 8.07. The monoisotopic (exact) mass is 465 g/mol. The van der Waals surface area contributed by atoms with Gasteiger partial charge in [0, 0.05) is 29.2 Å². The van der Waals surface area contributed by atoms with Gasteiger partial charge in [-0.1, -0.05) is 60.7 Å². The number of carbonyl (C=O) groups is 3. The number of imide groups is 2. The van der Waals surface area contributed by atoms with Gasteiger partial charge in [-0.25, -0.2) is 9.69 Å². The van der Waals surface area contributed by atoms with E-state index in [-0.39, 0.29) is 11.3 Å². The van der Waals surface area contributed by atoms with Gasteiger partial charge in [0.05, 0.1) is 12.3 Å². The number of barbiturate groups is 1. The SMILES string of the molecule is CCOc1ccccc1N1C(=O)NC(=O)/C(=C/c2cn(Cc3ccccc3)c3ccccc23)C1=O. The van der Waals surface area contributed by atoms with Crippen LogP contribution in [0.1, 0.15) is 18.1 Å². The molecule has 0 saturated carbocycles. The Labute approximate surface area is 202 Å². The van der Waals surface area contributed by atoms with Gasteiger partial charge in [0.25, 0.3) is 11.8 Å². The Morgan fingerprint density at radius 2 is 1.60 bits per heavy atom. The fourth-order valence-corrected chi connectivity index (χ4v) is 4.25. The summed E-state index contributed by atoms with van der Waals surface area (Å²) in [6, 6.07) is 23.8. The van der Waals surface area contributed by atoms with Crippen molar-refractivity contribution in [2.45, 2.75) is 13.5 Å². The Hall–Kier alpha value is -4.65. The molecule has 1 saturated heterocycles. The molecule has 1 N–H and O–H groups in total. The minimum absolute atomic E-state index is 0.126. The van der Waals surface area contributed by atoms with Gasteiger partial charge in [-0.05, 0) is 36.8 Å². The van der Waals surface area contributed by atoms with Gasteiger partial charge < -0.3 is 9.30 Å². The van der Waals surface area contributed by atoms with Gasteiger partial charge in [-0.3, -0.25) is 14.9 Å². The van der Waals surface area contributed by atoms with Crippen molar-refractivity contribution >= 4 is 40.5 Å². The van der Waals surface area contributed by atoms with E-state index < -0.39 is 17.8 Å². The third-order valence-electron chi connectivity index (χ3n) is 5.82. The van der Waals surface area contributed by atoms with Crippen molar-refractivity contribution in [1.82, 2.24) is 9.88 Å². The predicted molar refractivity (Wildman–Crippen MR) is 134 cm³/mol. The van der Waals surface area contributed by atoms with Crippen LogP contribution in [0.15, 0.2) is 90.6 Å². The molecule has 0 unspecified atom stereocenters. The summed E-state index contributed by atoms with van der Waals surface area (Å²) in [5, 5.41) is 3.19. The molecule has 2 heterocycles. The molecule has 7 heteroatoms. The van der Waals surface area contributed by atoms with Crippen LogP contribution in [0, 0.1) is 0 Å². The van der Waals surface area contributed by atoms with Crippen molar-refractivity contribution in [3.05, 3.63) is 102 Å². The summed E-state index contributed by atoms with van der Waals surface area (Å²) < 4.78 is 7.68. The van der Waals surface area contributed by atoms with Crippen LogP contribution in [0.25, 0.3) is 17.0 Å². The van der Waals surface area contributed by atoms with Crippen LogP contribution >= 0.6 is 0 Å². The van der Waals surface area contributed by atoms with E-state index in [0.29, 0.717) is 24.5 Å². The zero-order chi connectivity index (χ0) is 24.4. The van der Waals surface area contributed by atoms with E-state index in [2.05, 4.69) is 9.88 Å². The highest BCUT2D eigenvalue weighted by molar-refractivity contribution is 6.39. The highest BCUT2D eigenvalue weighted by Crippen LogP contribution is 2.32. The summed E-state index contributed by atoms with van der Waals surface area (Å²) >= 11 is 0. The molecule has 7 nitrogen and oxygen atoms in total. The van der Waals surface area contributed by atoms with E-state index in [0.717, 1.165) is 21.4 Å². The molecule has 0 aliphatic carbocycles. The maximum absolute atomic E-state index is 13.5. The highest BCUT2D eigenvalue weighted by Gasteiger charge is 2.38. The maximum Gasteiger partial charge on any atom is 0.336 e. The number of anilines is 1. The molecule has 35 heavy (non-hydrogen) atoms. The van der Waals surface area contributed by atoms with E-state index in [9.17, 15) is 14.4 Å². The summed E-state index contributed by atoms with van der Waals surface area (Å²) in [6.45, 7) is 2.81. The number of hydrogen-bond donors (Lipinski definition) is 1. The third kappa shape index (κ3) is 4.19. The minimum Gasteiger partial charge on any atom is -0.492 e. The number of carbonyl (C=O) groups excluding carboxylic acids is 3. The van der Waals surface area contributed by atoms with E-state index in [1.165, 1.54) is 0 Å². The number of benzene rings is 3. The van der Waals surface area contributed by atoms with Crippen molar-refractivity contribution < 1.29 is 19.1 Å². The number of nitrogens with zero attached hydrogens (tertiary/aromatic N) is 2. The number of hydrogen-bond acceptors (Lipinski definition) is 4. The first-order chi connectivity index (χ1) is 17.1. The number of fused-ring (bicyclic) bond motifs is 1. The summed E-state index contributed by atoms with van der Waals surface area (Å²) in [7, 11) is 0. The summed E-state index contributed by atoms with van der Waals surface area (Å²) in [5.41, 5.74) is 2.97. The van der Waals surface area contributed by atoms with E-state index >= 15 is 0 Å². The topological polar surface area (TPSA) is 80.6 Å². The Balaban J connectivity index is 1.57. The molecule has 0 atom stereocenters. The molecule has 5 rings (SSSR count). The number of ether oxygens (including phenoxy) is 1. The number of nitrogens with one attached hydrogen (secondary N) is 1. The zero-order valence-corrected chi connectivity index (χ0v) is 19.1. The Kier molecular flexibility index (Phi) is 5.89. The molecule has 4 aromatic rings. The fourth-order valence-electron chi connectivity index (χ4n) is 4.25. The smallest absolute Gasteiger partial charge is 0.336 e. The Bertz CT molecular complexity index is 1470. The van der Waals surface area contributed by atoms with E-state index in [4.69, 9.17) is 4.74 Å². The lowest BCUT2D eigenvalue weighted by Gasteiger charge is -2.27. The van der Waals surface area contributed by atoms with Crippen molar-refractivity contribution in [2.75, 3.05) is 11.5 Å². The summed E-state index contributed by atoms with van der Waals surface area (Å²) in [4.78, 5) is 39.8. The summed E-state index contributed by atoms with van der Waals surface area (Å²) in [6.07, 6.45) is 3.46. The Morgan fingerprint density at radius 3 is 2.40 bits per heavy atom. The van der Waals surface area contributed by atoms with Gasteiger partial charge in [0.1, 0.15) is 11.3 Å². The largest absolute Gasteiger partial charge is 0.492 e. The van der Waals surface area contributed by atoms with Gasteiger partial charge >= 0.3 is 6.03 Å². The molecule has 4 amide bonds. The van der Waals surface area contributed by atoms with Crippen molar-refractivity contribution in [3.8, 4) is 5.75 Å². The number of para-hydroxylation sites is 3. The first-order valence-electron chi connectivity index (χ1n) is 11.3. The number of urea groups is 1.